The summed E-state index contributed by atoms with van der Waals surface area (Å²) in [5.41, 5.74) is 1.29. The predicted molar refractivity (Wildman–Crippen MR) is 113 cm³/mol. The molecule has 1 unspecified atom stereocenters. The lowest BCUT2D eigenvalue weighted by molar-refractivity contribution is 0.000889. The summed E-state index contributed by atoms with van der Waals surface area (Å²) < 4.78 is 0. The number of rotatable bonds is 5. The lowest BCUT2D eigenvalue weighted by Gasteiger charge is -2.50. The summed E-state index contributed by atoms with van der Waals surface area (Å²) >= 11 is 0. The van der Waals surface area contributed by atoms with Gasteiger partial charge in [0.25, 0.3) is 5.91 Å². The van der Waals surface area contributed by atoms with Gasteiger partial charge in [-0.1, -0.05) is 30.3 Å². The van der Waals surface area contributed by atoms with E-state index in [1.54, 1.807) is 18.5 Å². The van der Waals surface area contributed by atoms with Crippen LogP contribution in [0.1, 0.15) is 52.5 Å². The maximum Gasteiger partial charge on any atom is 0.291 e. The van der Waals surface area contributed by atoms with Gasteiger partial charge >= 0.3 is 0 Å². The third kappa shape index (κ3) is 3.40. The molecule has 4 heterocycles. The molecule has 3 aliphatic rings. The summed E-state index contributed by atoms with van der Waals surface area (Å²) in [7, 11) is 0. The number of hydrogen-bond donors (Lipinski definition) is 1. The Labute approximate surface area is 180 Å². The van der Waals surface area contributed by atoms with Gasteiger partial charge in [0.05, 0.1) is 0 Å². The lowest BCUT2D eigenvalue weighted by atomic mass is 9.71. The normalized spacial score (nSPS) is 22.6. The van der Waals surface area contributed by atoms with Gasteiger partial charge in [0.2, 0.25) is 5.82 Å². The molecule has 6 rings (SSSR count). The monoisotopic (exact) mass is 415 g/mol. The van der Waals surface area contributed by atoms with Crippen molar-refractivity contribution in [2.75, 3.05) is 26.2 Å². The average Bonchev–Trinajstić information content (AvgIpc) is 3.39. The molecule has 1 aliphatic carbocycles. The van der Waals surface area contributed by atoms with Crippen molar-refractivity contribution in [1.82, 2.24) is 34.9 Å². The Balaban J connectivity index is 1.23. The van der Waals surface area contributed by atoms with Crippen LogP contribution in [0.3, 0.4) is 0 Å². The molecule has 1 amide bonds. The number of aromatic nitrogens is 5. The first-order valence-electron chi connectivity index (χ1n) is 10.9. The van der Waals surface area contributed by atoms with Crippen molar-refractivity contribution in [3.05, 3.63) is 71.8 Å². The third-order valence-electron chi connectivity index (χ3n) is 6.82. The minimum atomic E-state index is -0.0947. The quantitative estimate of drug-likeness (QED) is 0.687. The number of benzene rings is 1. The number of carbonyl (C=O) groups is 1. The number of carbonyl (C=O) groups excluding carboxylic acids is 1. The first-order valence-corrected chi connectivity index (χ1v) is 10.9. The highest BCUT2D eigenvalue weighted by molar-refractivity contribution is 5.91. The molecule has 1 saturated carbocycles. The Hall–Kier alpha value is -3.13. The average molecular weight is 416 g/mol. The SMILES string of the molecule is O=C(c1ncccn1)N1CC2(CN(Cc3ccccc3)CC2c2nc(C3CC3)n[nH]2)C1. The van der Waals surface area contributed by atoms with Gasteiger partial charge in [-0.25, -0.2) is 15.0 Å². The summed E-state index contributed by atoms with van der Waals surface area (Å²) in [5.74, 6) is 2.86. The number of likely N-dealkylation sites (tertiary alicyclic amines) is 2. The number of aromatic amines is 1. The van der Waals surface area contributed by atoms with Crippen molar-refractivity contribution < 1.29 is 4.79 Å². The van der Waals surface area contributed by atoms with Gasteiger partial charge in [0.15, 0.2) is 5.82 Å². The van der Waals surface area contributed by atoms with Crippen LogP contribution in [0, 0.1) is 5.41 Å². The van der Waals surface area contributed by atoms with E-state index in [2.05, 4.69) is 49.3 Å². The van der Waals surface area contributed by atoms with Crippen LogP contribution in [-0.2, 0) is 6.54 Å². The van der Waals surface area contributed by atoms with Crippen molar-refractivity contribution in [3.8, 4) is 0 Å². The Bertz CT molecular complexity index is 1070. The van der Waals surface area contributed by atoms with Gasteiger partial charge in [-0.05, 0) is 24.5 Å². The summed E-state index contributed by atoms with van der Waals surface area (Å²) in [4.78, 5) is 30.3. The molecule has 1 aromatic carbocycles. The van der Waals surface area contributed by atoms with Crippen LogP contribution < -0.4 is 0 Å². The van der Waals surface area contributed by atoms with E-state index >= 15 is 0 Å². The van der Waals surface area contributed by atoms with Gasteiger partial charge in [-0.3, -0.25) is 14.8 Å². The molecular formula is C23H25N7O. The second-order valence-corrected chi connectivity index (χ2v) is 9.16. The zero-order valence-electron chi connectivity index (χ0n) is 17.3. The smallest absolute Gasteiger partial charge is 0.291 e. The second kappa shape index (κ2) is 7.23. The fourth-order valence-electron chi connectivity index (χ4n) is 5.11. The molecule has 8 heteroatoms. The van der Waals surface area contributed by atoms with E-state index in [4.69, 9.17) is 4.98 Å². The standard InChI is InChI=1S/C23H25N7O/c31-22(21-24-9-4-10-25-21)30-14-23(15-30)13-29(11-16-5-2-1-3-6-16)12-18(23)20-26-19(27-28-20)17-7-8-17/h1-6,9-10,17-18H,7-8,11-15H2,(H,26,27,28). The van der Waals surface area contributed by atoms with E-state index in [1.807, 2.05) is 11.0 Å². The summed E-state index contributed by atoms with van der Waals surface area (Å²) in [6.45, 7) is 4.14. The number of hydrogen-bond acceptors (Lipinski definition) is 6. The van der Waals surface area contributed by atoms with Gasteiger partial charge in [0, 0.05) is 62.4 Å². The van der Waals surface area contributed by atoms with E-state index in [0.29, 0.717) is 19.0 Å². The zero-order chi connectivity index (χ0) is 20.8. The molecule has 2 aromatic heterocycles. The predicted octanol–water partition coefficient (Wildman–Crippen LogP) is 2.21. The minimum absolute atomic E-state index is 0.0143. The van der Waals surface area contributed by atoms with Gasteiger partial charge in [0.1, 0.15) is 5.82 Å². The number of nitrogens with zero attached hydrogens (tertiary/aromatic N) is 6. The fraction of sp³-hybridized carbons (Fsp3) is 0.435. The van der Waals surface area contributed by atoms with Crippen LogP contribution in [0.15, 0.2) is 48.8 Å². The molecule has 31 heavy (non-hydrogen) atoms. The molecular weight excluding hydrogens is 390 g/mol. The Morgan fingerprint density at radius 3 is 2.58 bits per heavy atom. The van der Waals surface area contributed by atoms with E-state index in [1.165, 1.54) is 18.4 Å². The summed E-state index contributed by atoms with van der Waals surface area (Å²) in [6.07, 6.45) is 5.60. The number of nitrogens with one attached hydrogen (secondary N) is 1. The molecule has 1 spiro atoms. The third-order valence-corrected chi connectivity index (χ3v) is 6.82. The lowest BCUT2D eigenvalue weighted by Crippen LogP contribution is -2.61. The molecule has 8 nitrogen and oxygen atoms in total. The van der Waals surface area contributed by atoms with E-state index in [9.17, 15) is 4.79 Å². The minimum Gasteiger partial charge on any atom is -0.335 e. The van der Waals surface area contributed by atoms with Crippen LogP contribution in [0.5, 0.6) is 0 Å². The van der Waals surface area contributed by atoms with Crippen molar-refractivity contribution >= 4 is 5.91 Å². The highest BCUT2D eigenvalue weighted by Crippen LogP contribution is 2.49. The van der Waals surface area contributed by atoms with E-state index in [-0.39, 0.29) is 23.1 Å². The maximum absolute atomic E-state index is 12.8. The van der Waals surface area contributed by atoms with E-state index in [0.717, 1.165) is 31.3 Å². The van der Waals surface area contributed by atoms with Crippen molar-refractivity contribution in [3.63, 3.8) is 0 Å². The molecule has 0 bridgehead atoms. The first-order chi connectivity index (χ1) is 15.2. The molecule has 2 saturated heterocycles. The molecule has 3 fully saturated rings. The summed E-state index contributed by atoms with van der Waals surface area (Å²) in [6, 6.07) is 12.3. The van der Waals surface area contributed by atoms with Crippen LogP contribution in [-0.4, -0.2) is 67.0 Å². The van der Waals surface area contributed by atoms with Crippen molar-refractivity contribution in [1.29, 1.82) is 0 Å². The molecule has 3 aromatic rings. The van der Waals surface area contributed by atoms with Crippen molar-refractivity contribution in [2.24, 2.45) is 5.41 Å². The Morgan fingerprint density at radius 1 is 1.06 bits per heavy atom. The zero-order valence-corrected chi connectivity index (χ0v) is 17.3. The molecule has 0 radical (unpaired) electrons. The summed E-state index contributed by atoms with van der Waals surface area (Å²) in [5, 5.41) is 7.74. The highest BCUT2D eigenvalue weighted by atomic mass is 16.2. The molecule has 1 atom stereocenters. The van der Waals surface area contributed by atoms with Gasteiger partial charge < -0.3 is 4.90 Å². The van der Waals surface area contributed by atoms with Crippen LogP contribution in [0.4, 0.5) is 0 Å². The molecule has 1 N–H and O–H groups in total. The highest BCUT2D eigenvalue weighted by Gasteiger charge is 2.57. The fourth-order valence-corrected chi connectivity index (χ4v) is 5.11. The largest absolute Gasteiger partial charge is 0.335 e. The van der Waals surface area contributed by atoms with Crippen LogP contribution in [0.25, 0.3) is 0 Å². The molecule has 2 aliphatic heterocycles. The first kappa shape index (κ1) is 18.6. The van der Waals surface area contributed by atoms with Gasteiger partial charge in [-0.2, -0.15) is 5.10 Å². The van der Waals surface area contributed by atoms with Gasteiger partial charge in [-0.15, -0.1) is 0 Å². The second-order valence-electron chi connectivity index (χ2n) is 9.16. The number of amides is 1. The Kier molecular flexibility index (Phi) is 4.34. The van der Waals surface area contributed by atoms with Crippen molar-refractivity contribution in [2.45, 2.75) is 31.2 Å². The Morgan fingerprint density at radius 2 is 1.84 bits per heavy atom. The van der Waals surface area contributed by atoms with Crippen LogP contribution in [0.2, 0.25) is 0 Å². The maximum atomic E-state index is 12.8. The number of H-pyrrole nitrogens is 1. The topological polar surface area (TPSA) is 90.9 Å². The molecule has 158 valence electrons. The van der Waals surface area contributed by atoms with E-state index < -0.39 is 0 Å². The van der Waals surface area contributed by atoms with Crippen LogP contribution >= 0.6 is 0 Å².